The van der Waals surface area contributed by atoms with Gasteiger partial charge in [-0.1, -0.05) is 47.0 Å². The van der Waals surface area contributed by atoms with Crippen LogP contribution in [0.25, 0.3) is 10.1 Å². The fourth-order valence-electron chi connectivity index (χ4n) is 2.34. The van der Waals surface area contributed by atoms with Gasteiger partial charge in [0.25, 0.3) is 0 Å². The number of halogens is 1. The largest absolute Gasteiger partial charge is 0.461 e. The van der Waals surface area contributed by atoms with Gasteiger partial charge in [0.15, 0.2) is 5.82 Å². The minimum atomic E-state index is -0.528. The van der Waals surface area contributed by atoms with Crippen LogP contribution in [0.1, 0.15) is 67.9 Å². The number of carbonyl (C=O) groups excluding carboxylic acids is 1. The highest BCUT2D eigenvalue weighted by Crippen LogP contribution is 2.42. The summed E-state index contributed by atoms with van der Waals surface area (Å²) in [5.74, 6) is -0.940. The molecule has 0 saturated carbocycles. The van der Waals surface area contributed by atoms with Crippen molar-refractivity contribution in [3.05, 3.63) is 21.0 Å². The summed E-state index contributed by atoms with van der Waals surface area (Å²) in [5, 5.41) is 2.53. The van der Waals surface area contributed by atoms with Gasteiger partial charge in [0, 0.05) is 20.3 Å². The van der Waals surface area contributed by atoms with E-state index in [-0.39, 0.29) is 10.3 Å². The van der Waals surface area contributed by atoms with Crippen molar-refractivity contribution < 1.29 is 13.9 Å². The molecule has 0 bridgehead atoms. The Bertz CT molecular complexity index is 649. The molecule has 0 unspecified atom stereocenters. The first-order valence-electron chi connectivity index (χ1n) is 7.73. The second-order valence-corrected chi connectivity index (χ2v) is 8.43. The Morgan fingerprint density at radius 2 is 2.00 bits per heavy atom. The molecule has 0 N–H and O–H groups in total. The second kappa shape index (κ2) is 7.09. The van der Waals surface area contributed by atoms with Crippen LogP contribution in [-0.4, -0.2) is 12.6 Å². The molecule has 0 aliphatic heterocycles. The van der Waals surface area contributed by atoms with E-state index in [1.165, 1.54) is 11.3 Å². The van der Waals surface area contributed by atoms with Crippen LogP contribution < -0.4 is 0 Å². The SMILES string of the molecule is CCCCCCOC(=O)c1sc2csc(C(C)(C)C)c2c1F. The topological polar surface area (TPSA) is 26.3 Å². The molecular weight excluding hydrogens is 319 g/mol. The zero-order valence-electron chi connectivity index (χ0n) is 13.6. The van der Waals surface area contributed by atoms with Crippen LogP contribution in [0.5, 0.6) is 0 Å². The molecule has 0 atom stereocenters. The third kappa shape index (κ3) is 3.69. The summed E-state index contributed by atoms with van der Waals surface area (Å²) < 4.78 is 20.7. The molecule has 0 amide bonds. The number of unbranched alkanes of at least 4 members (excludes halogenated alkanes) is 3. The predicted octanol–water partition coefficient (Wildman–Crippen LogP) is 6.14. The Morgan fingerprint density at radius 1 is 1.27 bits per heavy atom. The van der Waals surface area contributed by atoms with Crippen molar-refractivity contribution in [2.75, 3.05) is 6.61 Å². The third-order valence-corrected chi connectivity index (χ3v) is 6.13. The fraction of sp³-hybridized carbons (Fsp3) is 0.588. The molecule has 0 spiro atoms. The highest BCUT2D eigenvalue weighted by molar-refractivity contribution is 7.24. The highest BCUT2D eigenvalue weighted by Gasteiger charge is 2.27. The van der Waals surface area contributed by atoms with Gasteiger partial charge < -0.3 is 4.74 Å². The van der Waals surface area contributed by atoms with Gasteiger partial charge in [-0.05, 0) is 11.8 Å². The first kappa shape index (κ1) is 17.4. The van der Waals surface area contributed by atoms with Crippen LogP contribution in [0.15, 0.2) is 5.38 Å². The number of fused-ring (bicyclic) bond motifs is 1. The van der Waals surface area contributed by atoms with Crippen LogP contribution in [0.2, 0.25) is 0 Å². The Balaban J connectivity index is 2.14. The summed E-state index contributed by atoms with van der Waals surface area (Å²) in [6, 6.07) is 0. The van der Waals surface area contributed by atoms with E-state index < -0.39 is 11.8 Å². The van der Waals surface area contributed by atoms with E-state index in [2.05, 4.69) is 27.7 Å². The number of hydrogen-bond donors (Lipinski definition) is 0. The molecule has 2 rings (SSSR count). The zero-order valence-corrected chi connectivity index (χ0v) is 15.3. The van der Waals surface area contributed by atoms with Gasteiger partial charge in [-0.25, -0.2) is 9.18 Å². The summed E-state index contributed by atoms with van der Waals surface area (Å²) in [6.45, 7) is 8.67. The maximum absolute atomic E-state index is 14.6. The number of hydrogen-bond acceptors (Lipinski definition) is 4. The van der Waals surface area contributed by atoms with Crippen molar-refractivity contribution >= 4 is 38.7 Å². The van der Waals surface area contributed by atoms with E-state index in [0.717, 1.165) is 35.3 Å². The molecule has 0 aliphatic carbocycles. The predicted molar refractivity (Wildman–Crippen MR) is 92.8 cm³/mol. The van der Waals surface area contributed by atoms with E-state index >= 15 is 0 Å². The Hall–Kier alpha value is -0.940. The molecule has 0 saturated heterocycles. The molecule has 0 fully saturated rings. The molecule has 5 heteroatoms. The molecule has 0 aliphatic rings. The van der Waals surface area contributed by atoms with Crippen LogP contribution in [0.3, 0.4) is 0 Å². The van der Waals surface area contributed by atoms with E-state index in [1.54, 1.807) is 11.3 Å². The van der Waals surface area contributed by atoms with Gasteiger partial charge in [0.2, 0.25) is 0 Å². The minimum absolute atomic E-state index is 0.110. The quantitative estimate of drug-likeness (QED) is 0.466. The van der Waals surface area contributed by atoms with Gasteiger partial charge in [0.05, 0.1) is 6.61 Å². The number of rotatable bonds is 6. The molecule has 2 aromatic heterocycles. The lowest BCUT2D eigenvalue weighted by Crippen LogP contribution is -2.10. The lowest BCUT2D eigenvalue weighted by Gasteiger charge is -2.16. The summed E-state index contributed by atoms with van der Waals surface area (Å²) >= 11 is 2.75. The third-order valence-electron chi connectivity index (χ3n) is 3.49. The van der Waals surface area contributed by atoms with Gasteiger partial charge >= 0.3 is 5.97 Å². The molecule has 122 valence electrons. The van der Waals surface area contributed by atoms with E-state index in [1.807, 2.05) is 5.38 Å². The first-order valence-corrected chi connectivity index (χ1v) is 9.43. The number of ether oxygens (including phenoxy) is 1. The van der Waals surface area contributed by atoms with Crippen molar-refractivity contribution in [1.29, 1.82) is 0 Å². The summed E-state index contributed by atoms with van der Waals surface area (Å²) in [7, 11) is 0. The van der Waals surface area contributed by atoms with Crippen LogP contribution in [0, 0.1) is 5.82 Å². The summed E-state index contributed by atoms with van der Waals surface area (Å²) in [6.07, 6.45) is 4.15. The van der Waals surface area contributed by atoms with Crippen molar-refractivity contribution in [2.24, 2.45) is 0 Å². The van der Waals surface area contributed by atoms with Crippen molar-refractivity contribution in [3.63, 3.8) is 0 Å². The first-order chi connectivity index (χ1) is 10.4. The summed E-state index contributed by atoms with van der Waals surface area (Å²) in [4.78, 5) is 13.2. The molecule has 22 heavy (non-hydrogen) atoms. The minimum Gasteiger partial charge on any atom is -0.461 e. The van der Waals surface area contributed by atoms with Gasteiger partial charge in [0.1, 0.15) is 4.88 Å². The van der Waals surface area contributed by atoms with Crippen molar-refractivity contribution in [2.45, 2.75) is 58.8 Å². The molecule has 2 aromatic rings. The zero-order chi connectivity index (χ0) is 16.3. The van der Waals surface area contributed by atoms with E-state index in [4.69, 9.17) is 4.74 Å². The van der Waals surface area contributed by atoms with E-state index in [9.17, 15) is 9.18 Å². The average Bonchev–Trinajstić information content (AvgIpc) is 2.98. The van der Waals surface area contributed by atoms with Crippen LogP contribution in [-0.2, 0) is 10.2 Å². The normalized spacial score (nSPS) is 12.0. The molecule has 0 aromatic carbocycles. The van der Waals surface area contributed by atoms with Gasteiger partial charge in [-0.3, -0.25) is 0 Å². The Labute approximate surface area is 139 Å². The summed E-state index contributed by atoms with van der Waals surface area (Å²) in [5.41, 5.74) is -0.129. The van der Waals surface area contributed by atoms with Crippen LogP contribution in [0.4, 0.5) is 4.39 Å². The molecule has 0 radical (unpaired) electrons. The second-order valence-electron chi connectivity index (χ2n) is 6.50. The lowest BCUT2D eigenvalue weighted by atomic mass is 9.93. The number of carbonyl (C=O) groups is 1. The molecule has 2 heterocycles. The number of esters is 1. The van der Waals surface area contributed by atoms with Crippen molar-refractivity contribution in [3.8, 4) is 0 Å². The average molecular weight is 343 g/mol. The molecule has 2 nitrogen and oxygen atoms in total. The molecular formula is C17H23FO2S2. The van der Waals surface area contributed by atoms with E-state index in [0.29, 0.717) is 12.0 Å². The highest BCUT2D eigenvalue weighted by atomic mass is 32.1. The van der Waals surface area contributed by atoms with Crippen molar-refractivity contribution in [1.82, 2.24) is 0 Å². The van der Waals surface area contributed by atoms with Gasteiger partial charge in [-0.15, -0.1) is 22.7 Å². The van der Waals surface area contributed by atoms with Crippen LogP contribution >= 0.6 is 22.7 Å². The monoisotopic (exact) mass is 342 g/mol. The fourth-order valence-corrected chi connectivity index (χ4v) is 4.60. The maximum atomic E-state index is 14.6. The maximum Gasteiger partial charge on any atom is 0.351 e. The number of thiophene rings is 2. The Kier molecular flexibility index (Phi) is 5.61. The van der Waals surface area contributed by atoms with Gasteiger partial charge in [-0.2, -0.15) is 0 Å². The Morgan fingerprint density at radius 3 is 2.64 bits per heavy atom. The standard InChI is InChI=1S/C17H23FO2S2/c1-5-6-7-8-9-20-16(19)14-13(18)12-11(22-14)10-21-15(12)17(2,3)4/h10H,5-9H2,1-4H3. The smallest absolute Gasteiger partial charge is 0.351 e. The lowest BCUT2D eigenvalue weighted by molar-refractivity contribution is 0.0499.